The van der Waals surface area contributed by atoms with Crippen molar-refractivity contribution < 1.29 is 18.0 Å². The van der Waals surface area contributed by atoms with Crippen LogP contribution >= 0.6 is 11.3 Å². The van der Waals surface area contributed by atoms with Crippen molar-refractivity contribution in [2.45, 2.75) is 13.5 Å². The van der Waals surface area contributed by atoms with Crippen molar-refractivity contribution in [3.63, 3.8) is 0 Å². The Balaban J connectivity index is 1.56. The van der Waals surface area contributed by atoms with Gasteiger partial charge in [0.05, 0.1) is 12.2 Å². The summed E-state index contributed by atoms with van der Waals surface area (Å²) < 4.78 is 25.8. The zero-order valence-corrected chi connectivity index (χ0v) is 19.8. The molecule has 1 aromatic heterocycles. The van der Waals surface area contributed by atoms with Gasteiger partial charge in [0.15, 0.2) is 5.13 Å². The van der Waals surface area contributed by atoms with Crippen LogP contribution in [-0.4, -0.2) is 43.1 Å². The Labute approximate surface area is 197 Å². The van der Waals surface area contributed by atoms with Gasteiger partial charge >= 0.3 is 0 Å². The second-order valence-electron chi connectivity index (χ2n) is 7.21. The lowest BCUT2D eigenvalue weighted by Crippen LogP contribution is -2.33. The minimum absolute atomic E-state index is 0.0929. The summed E-state index contributed by atoms with van der Waals surface area (Å²) in [5.74, 6) is -0.578. The van der Waals surface area contributed by atoms with Gasteiger partial charge in [-0.2, -0.15) is 4.31 Å². The number of carbonyl (C=O) groups is 2. The molecule has 33 heavy (non-hydrogen) atoms. The topological polar surface area (TPSA) is 108 Å². The molecule has 172 valence electrons. The van der Waals surface area contributed by atoms with Gasteiger partial charge in [-0.15, -0.1) is 11.3 Å². The van der Waals surface area contributed by atoms with E-state index in [1.807, 2.05) is 47.8 Å². The Bertz CT molecular complexity index is 1240. The number of nitrogens with one attached hydrogen (secondary N) is 2. The normalized spacial score (nSPS) is 11.6. The summed E-state index contributed by atoms with van der Waals surface area (Å²) in [7, 11) is -2.40. The number of aromatic nitrogens is 1. The number of hydrogen-bond acceptors (Lipinski definition) is 6. The molecule has 0 unspecified atom stereocenters. The Morgan fingerprint density at radius 1 is 1.09 bits per heavy atom. The van der Waals surface area contributed by atoms with Crippen LogP contribution in [0.4, 0.5) is 5.13 Å². The Morgan fingerprint density at radius 2 is 1.79 bits per heavy atom. The van der Waals surface area contributed by atoms with Crippen LogP contribution in [0.5, 0.6) is 0 Å². The van der Waals surface area contributed by atoms with Crippen LogP contribution in [0, 0.1) is 0 Å². The van der Waals surface area contributed by atoms with Crippen molar-refractivity contribution in [1.82, 2.24) is 14.6 Å². The fraction of sp³-hybridized carbons (Fsp3) is 0.174. The lowest BCUT2D eigenvalue weighted by atomic mass is 10.1. The number of carbonyl (C=O) groups excluding carboxylic acids is 2. The predicted molar refractivity (Wildman–Crippen MR) is 131 cm³/mol. The van der Waals surface area contributed by atoms with Crippen molar-refractivity contribution in [2.75, 3.05) is 18.9 Å². The largest absolute Gasteiger partial charge is 0.352 e. The van der Waals surface area contributed by atoms with E-state index in [0.29, 0.717) is 17.4 Å². The molecule has 3 aromatic rings. The van der Waals surface area contributed by atoms with Crippen LogP contribution in [0.2, 0.25) is 0 Å². The van der Waals surface area contributed by atoms with Crippen LogP contribution in [-0.2, 0) is 26.2 Å². The first kappa shape index (κ1) is 24.3. The van der Waals surface area contributed by atoms with Gasteiger partial charge in [0.1, 0.15) is 0 Å². The smallest absolute Gasteiger partial charge is 0.241 e. The number of sulfonamides is 1. The molecule has 2 N–H and O–H groups in total. The van der Waals surface area contributed by atoms with E-state index in [0.717, 1.165) is 26.4 Å². The monoisotopic (exact) mass is 484 g/mol. The molecule has 1 heterocycles. The van der Waals surface area contributed by atoms with Crippen LogP contribution in [0.1, 0.15) is 18.1 Å². The lowest BCUT2D eigenvalue weighted by Gasteiger charge is -2.13. The predicted octanol–water partition coefficient (Wildman–Crippen LogP) is 3.32. The third kappa shape index (κ3) is 7.35. The maximum absolute atomic E-state index is 12.4. The summed E-state index contributed by atoms with van der Waals surface area (Å²) >= 11 is 1.25. The average molecular weight is 485 g/mol. The number of thiazole rings is 1. The molecular formula is C23H24N4O4S2. The number of amides is 2. The van der Waals surface area contributed by atoms with Gasteiger partial charge < -0.3 is 10.6 Å². The maximum Gasteiger partial charge on any atom is 0.241 e. The molecule has 0 fully saturated rings. The van der Waals surface area contributed by atoms with Crippen LogP contribution in [0.15, 0.2) is 65.4 Å². The van der Waals surface area contributed by atoms with Crippen molar-refractivity contribution in [2.24, 2.45) is 0 Å². The second kappa shape index (κ2) is 11.0. The molecule has 8 nitrogen and oxygen atoms in total. The summed E-state index contributed by atoms with van der Waals surface area (Å²) in [6.07, 6.45) is 1.48. The minimum atomic E-state index is -3.75. The summed E-state index contributed by atoms with van der Waals surface area (Å²) in [6, 6.07) is 16.6. The Hall–Kier alpha value is -3.34. The van der Waals surface area contributed by atoms with Crippen molar-refractivity contribution in [3.05, 3.63) is 76.5 Å². The van der Waals surface area contributed by atoms with Crippen molar-refractivity contribution >= 4 is 44.4 Å². The summed E-state index contributed by atoms with van der Waals surface area (Å²) in [5.41, 5.74) is 3.26. The fourth-order valence-corrected chi connectivity index (χ4v) is 4.34. The molecule has 0 aliphatic rings. The number of nitrogens with zero attached hydrogens (tertiary/aromatic N) is 2. The first-order chi connectivity index (χ1) is 15.7. The Kier molecular flexibility index (Phi) is 8.10. The SMILES string of the molecule is CC(=O)NCc1ccc(-c2csc(NC(=O)CN(C)S(=O)(=O)C=Cc3ccccc3)n2)cc1. The van der Waals surface area contributed by atoms with Gasteiger partial charge in [-0.1, -0.05) is 54.6 Å². The highest BCUT2D eigenvalue weighted by Crippen LogP contribution is 2.25. The highest BCUT2D eigenvalue weighted by atomic mass is 32.2. The first-order valence-electron chi connectivity index (χ1n) is 10.0. The zero-order valence-electron chi connectivity index (χ0n) is 18.2. The molecule has 2 aromatic carbocycles. The molecular weight excluding hydrogens is 460 g/mol. The minimum Gasteiger partial charge on any atom is -0.352 e. The molecule has 0 aliphatic heterocycles. The van der Waals surface area contributed by atoms with E-state index in [-0.39, 0.29) is 12.5 Å². The van der Waals surface area contributed by atoms with E-state index in [1.54, 1.807) is 12.1 Å². The Morgan fingerprint density at radius 3 is 2.45 bits per heavy atom. The highest BCUT2D eigenvalue weighted by molar-refractivity contribution is 7.92. The van der Waals surface area contributed by atoms with Crippen molar-refractivity contribution in [1.29, 1.82) is 0 Å². The van der Waals surface area contributed by atoms with E-state index in [2.05, 4.69) is 15.6 Å². The van der Waals surface area contributed by atoms with Gasteiger partial charge in [0.25, 0.3) is 0 Å². The summed E-state index contributed by atoms with van der Waals surface area (Å²) in [5, 5.41) is 8.64. The zero-order chi connectivity index (χ0) is 23.8. The van der Waals surface area contributed by atoms with E-state index in [9.17, 15) is 18.0 Å². The quantitative estimate of drug-likeness (QED) is 0.484. The summed E-state index contributed by atoms with van der Waals surface area (Å²) in [4.78, 5) is 27.8. The number of benzene rings is 2. The van der Waals surface area contributed by atoms with Gasteiger partial charge in [0, 0.05) is 36.9 Å². The third-order valence-corrected chi connectivity index (χ3v) is 6.81. The average Bonchev–Trinajstić information content (AvgIpc) is 3.25. The molecule has 0 aliphatic carbocycles. The van der Waals surface area contributed by atoms with Crippen LogP contribution in [0.3, 0.4) is 0 Å². The molecule has 0 saturated heterocycles. The van der Waals surface area contributed by atoms with E-state index >= 15 is 0 Å². The lowest BCUT2D eigenvalue weighted by molar-refractivity contribution is -0.119. The highest BCUT2D eigenvalue weighted by Gasteiger charge is 2.18. The molecule has 0 atom stereocenters. The van der Waals surface area contributed by atoms with E-state index in [1.165, 1.54) is 31.4 Å². The summed E-state index contributed by atoms with van der Waals surface area (Å²) in [6.45, 7) is 1.58. The molecule has 0 radical (unpaired) electrons. The third-order valence-electron chi connectivity index (χ3n) is 4.57. The van der Waals surface area contributed by atoms with Crippen LogP contribution < -0.4 is 10.6 Å². The van der Waals surface area contributed by atoms with Gasteiger partial charge in [-0.25, -0.2) is 13.4 Å². The van der Waals surface area contributed by atoms with E-state index < -0.39 is 15.9 Å². The maximum atomic E-state index is 12.4. The molecule has 0 bridgehead atoms. The molecule has 3 rings (SSSR count). The van der Waals surface area contributed by atoms with Crippen molar-refractivity contribution in [3.8, 4) is 11.3 Å². The second-order valence-corrected chi connectivity index (χ2v) is 9.99. The number of rotatable bonds is 9. The molecule has 0 saturated carbocycles. The number of likely N-dealkylation sites (N-methyl/N-ethyl adjacent to an activating group) is 1. The molecule has 0 spiro atoms. The molecule has 10 heteroatoms. The van der Waals surface area contributed by atoms with Gasteiger partial charge in [0.2, 0.25) is 21.8 Å². The number of hydrogen-bond donors (Lipinski definition) is 2. The van der Waals surface area contributed by atoms with Gasteiger partial charge in [-0.05, 0) is 17.2 Å². The standard InChI is InChI=1S/C23H24N4O4S2/c1-17(28)24-14-19-8-10-20(11-9-19)21-16-32-23(25-21)26-22(29)15-27(2)33(30,31)13-12-18-6-4-3-5-7-18/h3-13,16H,14-15H2,1-2H3,(H,24,28)(H,25,26,29). The van der Waals surface area contributed by atoms with E-state index in [4.69, 9.17) is 0 Å². The fourth-order valence-electron chi connectivity index (χ4n) is 2.77. The molecule has 2 amide bonds. The number of anilines is 1. The first-order valence-corrected chi connectivity index (χ1v) is 12.4. The van der Waals surface area contributed by atoms with Gasteiger partial charge in [-0.3, -0.25) is 9.59 Å². The van der Waals surface area contributed by atoms with Crippen LogP contribution in [0.25, 0.3) is 17.3 Å².